The Hall–Kier alpha value is -3.31. The molecule has 0 atom stereocenters. The van der Waals surface area contributed by atoms with Crippen LogP contribution < -0.4 is 4.74 Å². The van der Waals surface area contributed by atoms with Gasteiger partial charge in [-0.2, -0.15) is 10.5 Å². The highest BCUT2D eigenvalue weighted by Gasteiger charge is 2.13. The van der Waals surface area contributed by atoms with E-state index in [1.807, 2.05) is 6.07 Å². The molecule has 28 heavy (non-hydrogen) atoms. The van der Waals surface area contributed by atoms with Crippen LogP contribution in [0.3, 0.4) is 0 Å². The van der Waals surface area contributed by atoms with Crippen molar-refractivity contribution >= 4 is 29.0 Å². The average Bonchev–Trinajstić information content (AvgIpc) is 2.71. The number of ketones is 1. The van der Waals surface area contributed by atoms with Crippen LogP contribution in [-0.2, 0) is 0 Å². The molecule has 136 valence electrons. The standard InChI is InChI=1S/C22H12Cl2N2O2/c23-18-8-17(9-19(24)10-18)20-7-15(12-26)3-6-22(20)28-13-21(27)16-4-1-14(11-25)2-5-16/h1-10H,13H2. The van der Waals surface area contributed by atoms with Crippen LogP contribution in [0.15, 0.2) is 60.7 Å². The van der Waals surface area contributed by atoms with Crippen molar-refractivity contribution in [3.05, 3.63) is 87.4 Å². The summed E-state index contributed by atoms with van der Waals surface area (Å²) in [5.41, 5.74) is 2.65. The van der Waals surface area contributed by atoms with Gasteiger partial charge < -0.3 is 4.74 Å². The van der Waals surface area contributed by atoms with Crippen LogP contribution in [0.5, 0.6) is 5.75 Å². The second kappa shape index (κ2) is 8.59. The summed E-state index contributed by atoms with van der Waals surface area (Å²) in [6.07, 6.45) is 0. The molecule has 0 aliphatic rings. The van der Waals surface area contributed by atoms with Crippen LogP contribution in [0.25, 0.3) is 11.1 Å². The fraction of sp³-hybridized carbons (Fsp3) is 0.0455. The van der Waals surface area contributed by atoms with Crippen LogP contribution >= 0.6 is 23.2 Å². The molecule has 0 saturated carbocycles. The number of nitrogens with zero attached hydrogens (tertiary/aromatic N) is 2. The maximum absolute atomic E-state index is 12.4. The maximum Gasteiger partial charge on any atom is 0.200 e. The molecular weight excluding hydrogens is 395 g/mol. The normalized spacial score (nSPS) is 10.0. The van der Waals surface area contributed by atoms with Gasteiger partial charge in [0.2, 0.25) is 0 Å². The highest BCUT2D eigenvalue weighted by atomic mass is 35.5. The first kappa shape index (κ1) is 19.5. The lowest BCUT2D eigenvalue weighted by Crippen LogP contribution is -2.12. The van der Waals surface area contributed by atoms with Gasteiger partial charge in [-0.05, 0) is 66.2 Å². The van der Waals surface area contributed by atoms with Crippen molar-refractivity contribution in [1.29, 1.82) is 10.5 Å². The minimum atomic E-state index is -0.232. The summed E-state index contributed by atoms with van der Waals surface area (Å²) in [4.78, 5) is 12.4. The molecule has 0 aliphatic carbocycles. The van der Waals surface area contributed by atoms with Gasteiger partial charge in [0.25, 0.3) is 0 Å². The minimum Gasteiger partial charge on any atom is -0.485 e. The summed E-state index contributed by atoms with van der Waals surface area (Å²) in [7, 11) is 0. The molecule has 0 N–H and O–H groups in total. The van der Waals surface area contributed by atoms with Gasteiger partial charge in [0.1, 0.15) is 5.75 Å². The smallest absolute Gasteiger partial charge is 0.200 e. The lowest BCUT2D eigenvalue weighted by Gasteiger charge is -2.12. The molecule has 0 aliphatic heterocycles. The number of hydrogen-bond donors (Lipinski definition) is 0. The van der Waals surface area contributed by atoms with E-state index in [0.717, 1.165) is 0 Å². The first-order valence-corrected chi connectivity index (χ1v) is 8.92. The summed E-state index contributed by atoms with van der Waals surface area (Å²) in [5, 5.41) is 18.9. The zero-order valence-electron chi connectivity index (χ0n) is 14.4. The highest BCUT2D eigenvalue weighted by Crippen LogP contribution is 2.34. The largest absolute Gasteiger partial charge is 0.485 e. The molecule has 0 amide bonds. The van der Waals surface area contributed by atoms with E-state index in [2.05, 4.69) is 6.07 Å². The third kappa shape index (κ3) is 4.50. The van der Waals surface area contributed by atoms with E-state index in [4.69, 9.17) is 33.2 Å². The molecule has 0 bridgehead atoms. The fourth-order valence-electron chi connectivity index (χ4n) is 2.62. The predicted molar refractivity (Wildman–Crippen MR) is 108 cm³/mol. The Morgan fingerprint density at radius 2 is 1.46 bits per heavy atom. The van der Waals surface area contributed by atoms with Crippen LogP contribution in [0.4, 0.5) is 0 Å². The molecular formula is C22H12Cl2N2O2. The molecule has 3 aromatic rings. The average molecular weight is 407 g/mol. The second-order valence-corrected chi connectivity index (χ2v) is 6.75. The van der Waals surface area contributed by atoms with Gasteiger partial charge in [0.05, 0.1) is 23.3 Å². The summed E-state index contributed by atoms with van der Waals surface area (Å²) < 4.78 is 5.73. The molecule has 0 radical (unpaired) electrons. The van der Waals surface area contributed by atoms with E-state index in [1.165, 1.54) is 0 Å². The minimum absolute atomic E-state index is 0.195. The SMILES string of the molecule is N#Cc1ccc(C(=O)COc2ccc(C#N)cc2-c2cc(Cl)cc(Cl)c2)cc1. The number of benzene rings is 3. The third-order valence-corrected chi connectivity index (χ3v) is 4.41. The third-order valence-electron chi connectivity index (χ3n) is 3.98. The summed E-state index contributed by atoms with van der Waals surface area (Å²) in [5.74, 6) is 0.197. The van der Waals surface area contributed by atoms with E-state index < -0.39 is 0 Å². The van der Waals surface area contributed by atoms with Gasteiger partial charge in [0.15, 0.2) is 12.4 Å². The number of carbonyl (C=O) groups excluding carboxylic acids is 1. The molecule has 0 unspecified atom stereocenters. The van der Waals surface area contributed by atoms with Crippen molar-refractivity contribution in [2.24, 2.45) is 0 Å². The van der Waals surface area contributed by atoms with E-state index >= 15 is 0 Å². The number of rotatable bonds is 5. The van der Waals surface area contributed by atoms with E-state index in [-0.39, 0.29) is 12.4 Å². The molecule has 0 aromatic heterocycles. The number of halogens is 2. The molecule has 6 heteroatoms. The summed E-state index contributed by atoms with van der Waals surface area (Å²) in [6, 6.07) is 20.3. The first-order chi connectivity index (χ1) is 13.5. The molecule has 0 saturated heterocycles. The Kier molecular flexibility index (Phi) is 5.96. The quantitative estimate of drug-likeness (QED) is 0.511. The Balaban J connectivity index is 1.88. The van der Waals surface area contributed by atoms with Crippen molar-refractivity contribution in [2.45, 2.75) is 0 Å². The zero-order valence-corrected chi connectivity index (χ0v) is 16.0. The van der Waals surface area contributed by atoms with Crippen molar-refractivity contribution in [1.82, 2.24) is 0 Å². The van der Waals surface area contributed by atoms with Gasteiger partial charge in [-0.25, -0.2) is 0 Å². The van der Waals surface area contributed by atoms with Gasteiger partial charge >= 0.3 is 0 Å². The number of ether oxygens (including phenoxy) is 1. The Bertz CT molecular complexity index is 1110. The van der Waals surface area contributed by atoms with Crippen molar-refractivity contribution in [3.8, 4) is 29.0 Å². The lowest BCUT2D eigenvalue weighted by atomic mass is 10.0. The Morgan fingerprint density at radius 1 is 0.857 bits per heavy atom. The maximum atomic E-state index is 12.4. The van der Waals surface area contributed by atoms with Crippen LogP contribution in [0.2, 0.25) is 10.0 Å². The molecule has 3 aromatic carbocycles. The van der Waals surface area contributed by atoms with Gasteiger partial charge in [-0.15, -0.1) is 0 Å². The highest BCUT2D eigenvalue weighted by molar-refractivity contribution is 6.35. The van der Waals surface area contributed by atoms with E-state index in [1.54, 1.807) is 60.7 Å². The summed E-state index contributed by atoms with van der Waals surface area (Å²) >= 11 is 12.2. The Labute approximate surface area is 172 Å². The predicted octanol–water partition coefficient (Wildman–Crippen LogP) is 5.67. The monoisotopic (exact) mass is 406 g/mol. The van der Waals surface area contributed by atoms with Crippen molar-refractivity contribution < 1.29 is 9.53 Å². The number of hydrogen-bond acceptors (Lipinski definition) is 4. The van der Waals surface area contributed by atoms with Crippen LogP contribution in [0, 0.1) is 22.7 Å². The lowest BCUT2D eigenvalue weighted by molar-refractivity contribution is 0.0922. The van der Waals surface area contributed by atoms with Gasteiger partial charge in [-0.3, -0.25) is 4.79 Å². The van der Waals surface area contributed by atoms with E-state index in [0.29, 0.717) is 43.6 Å². The number of Topliss-reactive ketones (excluding diaryl/α,β-unsaturated/α-hetero) is 1. The summed E-state index contributed by atoms with van der Waals surface area (Å²) in [6.45, 7) is -0.195. The van der Waals surface area contributed by atoms with Crippen LogP contribution in [-0.4, -0.2) is 12.4 Å². The van der Waals surface area contributed by atoms with E-state index in [9.17, 15) is 10.1 Å². The number of carbonyl (C=O) groups is 1. The second-order valence-electron chi connectivity index (χ2n) is 5.88. The molecule has 4 nitrogen and oxygen atoms in total. The van der Waals surface area contributed by atoms with Crippen LogP contribution in [0.1, 0.15) is 21.5 Å². The molecule has 0 fully saturated rings. The van der Waals surface area contributed by atoms with Crippen molar-refractivity contribution in [3.63, 3.8) is 0 Å². The topological polar surface area (TPSA) is 73.9 Å². The molecule has 3 rings (SSSR count). The Morgan fingerprint density at radius 3 is 2.07 bits per heavy atom. The zero-order chi connectivity index (χ0) is 20.1. The molecule has 0 spiro atoms. The fourth-order valence-corrected chi connectivity index (χ4v) is 3.14. The first-order valence-electron chi connectivity index (χ1n) is 8.17. The number of nitriles is 2. The van der Waals surface area contributed by atoms with Gasteiger partial charge in [0, 0.05) is 21.2 Å². The van der Waals surface area contributed by atoms with Gasteiger partial charge in [-0.1, -0.05) is 23.2 Å². The van der Waals surface area contributed by atoms with Crippen molar-refractivity contribution in [2.75, 3.05) is 6.61 Å². The molecule has 0 heterocycles.